The van der Waals surface area contributed by atoms with Gasteiger partial charge < -0.3 is 5.73 Å². The largest absolute Gasteiger partial charge is 0.330 e. The van der Waals surface area contributed by atoms with Crippen LogP contribution in [0, 0.1) is 5.82 Å². The maximum Gasteiger partial charge on any atom is 0.127 e. The van der Waals surface area contributed by atoms with E-state index in [9.17, 15) is 4.39 Å². The number of hydrogen-bond donors (Lipinski definition) is 1. The van der Waals surface area contributed by atoms with Crippen molar-refractivity contribution < 1.29 is 4.39 Å². The van der Waals surface area contributed by atoms with Crippen molar-refractivity contribution in [3.05, 3.63) is 35.6 Å². The van der Waals surface area contributed by atoms with Gasteiger partial charge in [0.2, 0.25) is 0 Å². The van der Waals surface area contributed by atoms with E-state index in [-0.39, 0.29) is 11.2 Å². The summed E-state index contributed by atoms with van der Waals surface area (Å²) in [5, 5.41) is 0. The van der Waals surface area contributed by atoms with Crippen molar-refractivity contribution in [2.45, 2.75) is 24.7 Å². The van der Waals surface area contributed by atoms with Crippen LogP contribution in [0.1, 0.15) is 24.8 Å². The molecule has 2 rings (SSSR count). The van der Waals surface area contributed by atoms with Gasteiger partial charge in [0.1, 0.15) is 5.82 Å². The Kier molecular flexibility index (Phi) is 2.08. The molecule has 1 nitrogen and oxygen atoms in total. The molecule has 0 unspecified atom stereocenters. The van der Waals surface area contributed by atoms with Gasteiger partial charge in [-0.15, -0.1) is 0 Å². The van der Waals surface area contributed by atoms with Gasteiger partial charge >= 0.3 is 0 Å². The van der Waals surface area contributed by atoms with E-state index < -0.39 is 0 Å². The summed E-state index contributed by atoms with van der Waals surface area (Å²) < 4.78 is 13.4. The zero-order valence-corrected chi connectivity index (χ0v) is 7.59. The van der Waals surface area contributed by atoms with Gasteiger partial charge in [0.25, 0.3) is 0 Å². The van der Waals surface area contributed by atoms with E-state index in [2.05, 4.69) is 0 Å². The van der Waals surface area contributed by atoms with Crippen LogP contribution in [0.2, 0.25) is 0 Å². The second-order valence-corrected chi connectivity index (χ2v) is 3.82. The molecule has 0 amide bonds. The number of benzene rings is 1. The van der Waals surface area contributed by atoms with Crippen molar-refractivity contribution in [2.75, 3.05) is 6.54 Å². The normalized spacial score (nSPS) is 19.5. The first-order valence-corrected chi connectivity index (χ1v) is 4.74. The highest BCUT2D eigenvalue weighted by atomic mass is 19.1. The van der Waals surface area contributed by atoms with Gasteiger partial charge in [0.05, 0.1) is 0 Å². The first-order chi connectivity index (χ1) is 6.28. The van der Waals surface area contributed by atoms with Gasteiger partial charge in [-0.3, -0.25) is 0 Å². The lowest BCUT2D eigenvalue weighted by molar-refractivity contribution is 0.245. The van der Waals surface area contributed by atoms with E-state index in [1.54, 1.807) is 6.07 Å². The molecule has 2 heteroatoms. The molecule has 1 aliphatic carbocycles. The van der Waals surface area contributed by atoms with E-state index in [0.717, 1.165) is 18.4 Å². The minimum Gasteiger partial charge on any atom is -0.330 e. The average molecular weight is 179 g/mol. The molecule has 2 N–H and O–H groups in total. The molecule has 0 atom stereocenters. The first kappa shape index (κ1) is 8.70. The number of nitrogens with two attached hydrogens (primary N) is 1. The molecule has 0 bridgehead atoms. The highest BCUT2D eigenvalue weighted by Crippen LogP contribution is 2.43. The molecular formula is C11H14FN. The fraction of sp³-hybridized carbons (Fsp3) is 0.455. The minimum absolute atomic E-state index is 0.0503. The van der Waals surface area contributed by atoms with E-state index in [0.29, 0.717) is 6.54 Å². The van der Waals surface area contributed by atoms with E-state index in [1.807, 2.05) is 12.1 Å². The molecule has 0 saturated heterocycles. The van der Waals surface area contributed by atoms with Crippen LogP contribution in [0.4, 0.5) is 4.39 Å². The predicted molar refractivity (Wildman–Crippen MR) is 51.0 cm³/mol. The highest BCUT2D eigenvalue weighted by Gasteiger charge is 2.38. The molecule has 0 radical (unpaired) electrons. The van der Waals surface area contributed by atoms with Crippen LogP contribution in [0.3, 0.4) is 0 Å². The van der Waals surface area contributed by atoms with Gasteiger partial charge in [-0.2, -0.15) is 0 Å². The van der Waals surface area contributed by atoms with Crippen LogP contribution in [0.5, 0.6) is 0 Å². The lowest BCUT2D eigenvalue weighted by Gasteiger charge is -2.41. The summed E-state index contributed by atoms with van der Waals surface area (Å²) in [5.74, 6) is -0.104. The summed E-state index contributed by atoms with van der Waals surface area (Å²) in [7, 11) is 0. The summed E-state index contributed by atoms with van der Waals surface area (Å²) in [6, 6.07) is 6.99. The molecule has 0 spiro atoms. The fourth-order valence-electron chi connectivity index (χ4n) is 2.08. The lowest BCUT2D eigenvalue weighted by atomic mass is 9.64. The Hall–Kier alpha value is -0.890. The predicted octanol–water partition coefficient (Wildman–Crippen LogP) is 2.21. The standard InChI is InChI=1S/C11H14FN/c12-10-5-2-1-4-9(10)11(8-13)6-3-7-11/h1-2,4-5H,3,6-8,13H2. The Labute approximate surface area is 77.8 Å². The van der Waals surface area contributed by atoms with Gasteiger partial charge in [-0.1, -0.05) is 24.6 Å². The molecular weight excluding hydrogens is 165 g/mol. The average Bonchev–Trinajstić information content (AvgIpc) is 2.07. The number of hydrogen-bond acceptors (Lipinski definition) is 1. The molecule has 1 aromatic rings. The number of halogens is 1. The van der Waals surface area contributed by atoms with Crippen LogP contribution in [0.15, 0.2) is 24.3 Å². The van der Waals surface area contributed by atoms with Crippen molar-refractivity contribution in [1.29, 1.82) is 0 Å². The Morgan fingerprint density at radius 2 is 2.00 bits per heavy atom. The molecule has 13 heavy (non-hydrogen) atoms. The van der Waals surface area contributed by atoms with Crippen molar-refractivity contribution in [2.24, 2.45) is 5.73 Å². The van der Waals surface area contributed by atoms with Crippen LogP contribution in [0.25, 0.3) is 0 Å². The SMILES string of the molecule is NCC1(c2ccccc2F)CCC1. The molecule has 1 fully saturated rings. The maximum absolute atomic E-state index is 13.4. The topological polar surface area (TPSA) is 26.0 Å². The van der Waals surface area contributed by atoms with E-state index in [1.165, 1.54) is 12.5 Å². The van der Waals surface area contributed by atoms with Crippen molar-refractivity contribution in [3.8, 4) is 0 Å². The third-order valence-electron chi connectivity index (χ3n) is 3.15. The molecule has 0 aromatic heterocycles. The van der Waals surface area contributed by atoms with Gasteiger partial charge in [0.15, 0.2) is 0 Å². The Balaban J connectivity index is 2.38. The summed E-state index contributed by atoms with van der Waals surface area (Å²) in [4.78, 5) is 0. The first-order valence-electron chi connectivity index (χ1n) is 4.74. The zero-order valence-electron chi connectivity index (χ0n) is 7.59. The van der Waals surface area contributed by atoms with E-state index >= 15 is 0 Å². The van der Waals surface area contributed by atoms with Crippen LogP contribution in [-0.2, 0) is 5.41 Å². The smallest absolute Gasteiger partial charge is 0.127 e. The van der Waals surface area contributed by atoms with Crippen LogP contribution < -0.4 is 5.73 Å². The van der Waals surface area contributed by atoms with Gasteiger partial charge in [0, 0.05) is 12.0 Å². The maximum atomic E-state index is 13.4. The van der Waals surface area contributed by atoms with Crippen LogP contribution >= 0.6 is 0 Å². The minimum atomic E-state index is -0.104. The van der Waals surface area contributed by atoms with Crippen LogP contribution in [-0.4, -0.2) is 6.54 Å². The van der Waals surface area contributed by atoms with Crippen molar-refractivity contribution in [1.82, 2.24) is 0 Å². The monoisotopic (exact) mass is 179 g/mol. The van der Waals surface area contributed by atoms with Crippen molar-refractivity contribution in [3.63, 3.8) is 0 Å². The lowest BCUT2D eigenvalue weighted by Crippen LogP contribution is -2.42. The zero-order chi connectivity index (χ0) is 9.31. The van der Waals surface area contributed by atoms with Gasteiger partial charge in [-0.05, 0) is 24.5 Å². The molecule has 0 aliphatic heterocycles. The molecule has 1 aliphatic rings. The molecule has 1 aromatic carbocycles. The Morgan fingerprint density at radius 1 is 1.31 bits per heavy atom. The Morgan fingerprint density at radius 3 is 2.46 bits per heavy atom. The van der Waals surface area contributed by atoms with Gasteiger partial charge in [-0.25, -0.2) is 4.39 Å². The second-order valence-electron chi connectivity index (χ2n) is 3.82. The third kappa shape index (κ3) is 1.25. The van der Waals surface area contributed by atoms with E-state index in [4.69, 9.17) is 5.73 Å². The summed E-state index contributed by atoms with van der Waals surface area (Å²) in [5.41, 5.74) is 6.46. The highest BCUT2D eigenvalue weighted by molar-refractivity contribution is 5.29. The quantitative estimate of drug-likeness (QED) is 0.740. The summed E-state index contributed by atoms with van der Waals surface area (Å²) in [6.45, 7) is 0.563. The number of rotatable bonds is 2. The third-order valence-corrected chi connectivity index (χ3v) is 3.15. The summed E-state index contributed by atoms with van der Waals surface area (Å²) >= 11 is 0. The summed E-state index contributed by atoms with van der Waals surface area (Å²) in [6.07, 6.45) is 3.24. The fourth-order valence-corrected chi connectivity index (χ4v) is 2.08. The second kappa shape index (κ2) is 3.11. The molecule has 70 valence electrons. The molecule has 1 saturated carbocycles. The van der Waals surface area contributed by atoms with Crippen molar-refractivity contribution >= 4 is 0 Å². The molecule has 0 heterocycles. The Bertz CT molecular complexity index is 299.